The third-order valence-corrected chi connectivity index (χ3v) is 1.58. The summed E-state index contributed by atoms with van der Waals surface area (Å²) in [5.74, 6) is -0.407. The molecule has 0 aromatic heterocycles. The first-order valence-electron chi connectivity index (χ1n) is 4.78. The first kappa shape index (κ1) is 12.7. The molecule has 0 atom stereocenters. The van der Waals surface area contributed by atoms with E-state index >= 15 is 0 Å². The van der Waals surface area contributed by atoms with Gasteiger partial charge < -0.3 is 15.5 Å². The predicted octanol–water partition coefficient (Wildman–Crippen LogP) is 1.47. The van der Waals surface area contributed by atoms with E-state index in [-0.39, 0.29) is 6.61 Å². The van der Waals surface area contributed by atoms with Crippen LogP contribution in [-0.2, 0) is 9.53 Å². The summed E-state index contributed by atoms with van der Waals surface area (Å²) in [6.07, 6.45) is 4.66. The third kappa shape index (κ3) is 7.34. The zero-order valence-electron chi connectivity index (χ0n) is 8.80. The highest BCUT2D eigenvalue weighted by atomic mass is 16.5. The maximum atomic E-state index is 11.0. The van der Waals surface area contributed by atoms with Gasteiger partial charge in [-0.05, 0) is 13.3 Å². The van der Waals surface area contributed by atoms with Gasteiger partial charge in [0.2, 0.25) is 0 Å². The summed E-state index contributed by atoms with van der Waals surface area (Å²) in [6, 6.07) is 0. The zero-order valence-corrected chi connectivity index (χ0v) is 8.80. The number of unbranched alkanes of at least 4 members (excludes halogenated alkanes) is 1. The zero-order chi connectivity index (χ0) is 10.8. The largest absolute Gasteiger partial charge is 0.457 e. The molecule has 0 saturated heterocycles. The van der Waals surface area contributed by atoms with Crippen LogP contribution in [0, 0.1) is 5.41 Å². The number of rotatable bonds is 7. The molecule has 0 fully saturated rings. The number of hydrogen-bond donors (Lipinski definition) is 2. The van der Waals surface area contributed by atoms with Crippen LogP contribution >= 0.6 is 0 Å². The van der Waals surface area contributed by atoms with E-state index < -0.39 is 5.97 Å². The fourth-order valence-electron chi connectivity index (χ4n) is 0.856. The van der Waals surface area contributed by atoms with Gasteiger partial charge in [0.15, 0.2) is 0 Å². The van der Waals surface area contributed by atoms with Gasteiger partial charge in [-0.25, -0.2) is 4.79 Å². The lowest BCUT2D eigenvalue weighted by atomic mass is 10.3. The second kappa shape index (κ2) is 8.29. The van der Waals surface area contributed by atoms with Gasteiger partial charge in [0.1, 0.15) is 6.61 Å². The first-order valence-corrected chi connectivity index (χ1v) is 4.78. The molecule has 0 aromatic rings. The van der Waals surface area contributed by atoms with Crippen LogP contribution in [0.25, 0.3) is 0 Å². The Morgan fingerprint density at radius 3 is 2.86 bits per heavy atom. The van der Waals surface area contributed by atoms with Crippen LogP contribution in [0.1, 0.15) is 26.7 Å². The minimum Gasteiger partial charge on any atom is -0.457 e. The summed E-state index contributed by atoms with van der Waals surface area (Å²) in [5.41, 5.74) is 0.799. The molecule has 0 saturated carbocycles. The molecule has 0 rings (SSSR count). The van der Waals surface area contributed by atoms with E-state index in [0.717, 1.165) is 31.3 Å². The summed E-state index contributed by atoms with van der Waals surface area (Å²) >= 11 is 0. The van der Waals surface area contributed by atoms with Crippen molar-refractivity contribution in [1.29, 1.82) is 5.41 Å². The van der Waals surface area contributed by atoms with Gasteiger partial charge in [-0.2, -0.15) is 0 Å². The summed E-state index contributed by atoms with van der Waals surface area (Å²) in [6.45, 7) is 4.84. The van der Waals surface area contributed by atoms with Crippen LogP contribution in [0.3, 0.4) is 0 Å². The van der Waals surface area contributed by atoms with E-state index in [0.29, 0.717) is 0 Å². The molecule has 0 radical (unpaired) electrons. The van der Waals surface area contributed by atoms with Crippen molar-refractivity contribution in [1.82, 2.24) is 5.32 Å². The molecule has 0 aliphatic heterocycles. The second-order valence-electron chi connectivity index (χ2n) is 2.94. The Morgan fingerprint density at radius 2 is 2.29 bits per heavy atom. The van der Waals surface area contributed by atoms with Crippen molar-refractivity contribution >= 4 is 12.2 Å². The maximum Gasteiger partial charge on any atom is 0.332 e. The van der Waals surface area contributed by atoms with Gasteiger partial charge in [-0.15, -0.1) is 0 Å². The number of allylic oxidation sites excluding steroid dienone is 1. The molecule has 14 heavy (non-hydrogen) atoms. The highest BCUT2D eigenvalue weighted by molar-refractivity contribution is 5.83. The van der Waals surface area contributed by atoms with Crippen molar-refractivity contribution in [3.63, 3.8) is 0 Å². The smallest absolute Gasteiger partial charge is 0.332 e. The van der Waals surface area contributed by atoms with E-state index in [1.807, 2.05) is 6.92 Å². The number of esters is 1. The summed E-state index contributed by atoms with van der Waals surface area (Å²) < 4.78 is 4.67. The van der Waals surface area contributed by atoms with E-state index in [4.69, 9.17) is 5.41 Å². The van der Waals surface area contributed by atoms with Crippen molar-refractivity contribution in [3.05, 3.63) is 11.8 Å². The Balaban J connectivity index is 3.72. The number of carbonyl (C=O) groups is 1. The summed E-state index contributed by atoms with van der Waals surface area (Å²) in [7, 11) is 0. The van der Waals surface area contributed by atoms with E-state index in [1.54, 1.807) is 0 Å². The van der Waals surface area contributed by atoms with E-state index in [9.17, 15) is 4.79 Å². The van der Waals surface area contributed by atoms with Gasteiger partial charge in [0, 0.05) is 24.5 Å². The number of carbonyl (C=O) groups excluding carboxylic acids is 1. The molecular formula is C10H18N2O2. The topological polar surface area (TPSA) is 62.2 Å². The predicted molar refractivity (Wildman–Crippen MR) is 56.4 cm³/mol. The van der Waals surface area contributed by atoms with Gasteiger partial charge in [-0.1, -0.05) is 13.3 Å². The Hall–Kier alpha value is -1.32. The average molecular weight is 198 g/mol. The molecule has 80 valence electrons. The van der Waals surface area contributed by atoms with Crippen LogP contribution in [0.5, 0.6) is 0 Å². The van der Waals surface area contributed by atoms with Crippen LogP contribution in [0.2, 0.25) is 0 Å². The number of hydrogen-bond acceptors (Lipinski definition) is 4. The minimum atomic E-state index is -0.407. The van der Waals surface area contributed by atoms with Crippen molar-refractivity contribution in [2.24, 2.45) is 0 Å². The number of nitrogens with one attached hydrogen (secondary N) is 2. The van der Waals surface area contributed by atoms with Crippen molar-refractivity contribution in [2.45, 2.75) is 26.7 Å². The van der Waals surface area contributed by atoms with Gasteiger partial charge in [-0.3, -0.25) is 0 Å². The first-order chi connectivity index (χ1) is 6.70. The molecule has 0 aliphatic carbocycles. The second-order valence-corrected chi connectivity index (χ2v) is 2.94. The average Bonchev–Trinajstić information content (AvgIpc) is 2.15. The normalized spacial score (nSPS) is 10.9. The van der Waals surface area contributed by atoms with E-state index in [1.165, 1.54) is 6.08 Å². The lowest BCUT2D eigenvalue weighted by Gasteiger charge is -2.04. The summed E-state index contributed by atoms with van der Waals surface area (Å²) in [5, 5.41) is 9.77. The van der Waals surface area contributed by atoms with Gasteiger partial charge in [0.05, 0.1) is 0 Å². The maximum absolute atomic E-state index is 11.0. The van der Waals surface area contributed by atoms with Crippen molar-refractivity contribution in [2.75, 3.05) is 13.2 Å². The Bertz CT molecular complexity index is 212. The molecule has 0 spiro atoms. The van der Waals surface area contributed by atoms with Crippen molar-refractivity contribution in [3.8, 4) is 0 Å². The molecule has 0 unspecified atom stereocenters. The van der Waals surface area contributed by atoms with Crippen LogP contribution < -0.4 is 5.32 Å². The molecule has 0 bridgehead atoms. The molecule has 0 amide bonds. The van der Waals surface area contributed by atoms with E-state index in [2.05, 4.69) is 17.0 Å². The molecule has 0 heterocycles. The van der Waals surface area contributed by atoms with Crippen LogP contribution in [0.15, 0.2) is 11.8 Å². The minimum absolute atomic E-state index is 0.0393. The third-order valence-electron chi connectivity index (χ3n) is 1.58. The molecule has 4 nitrogen and oxygen atoms in total. The molecule has 0 aromatic carbocycles. The number of ether oxygens (including phenoxy) is 1. The highest BCUT2D eigenvalue weighted by Gasteiger charge is 1.97. The lowest BCUT2D eigenvalue weighted by Crippen LogP contribution is -2.14. The molecule has 2 N–H and O–H groups in total. The van der Waals surface area contributed by atoms with Crippen LogP contribution in [0.4, 0.5) is 0 Å². The fourth-order valence-corrected chi connectivity index (χ4v) is 0.856. The Morgan fingerprint density at radius 1 is 1.57 bits per heavy atom. The van der Waals surface area contributed by atoms with Gasteiger partial charge >= 0.3 is 5.97 Å². The molecular weight excluding hydrogens is 180 g/mol. The fraction of sp³-hybridized carbons (Fsp3) is 0.600. The standard InChI is InChI=1S/C10H18N2O2/c1-3-4-6-12-9(2)8-10(13)14-7-5-11/h5,8,11-12H,3-4,6-7H2,1-2H3. The van der Waals surface area contributed by atoms with Crippen molar-refractivity contribution < 1.29 is 9.53 Å². The lowest BCUT2D eigenvalue weighted by molar-refractivity contribution is -0.136. The quantitative estimate of drug-likeness (QED) is 0.282. The monoisotopic (exact) mass is 198 g/mol. The van der Waals surface area contributed by atoms with Gasteiger partial charge in [0.25, 0.3) is 0 Å². The Labute approximate surface area is 84.8 Å². The molecule has 4 heteroatoms. The molecule has 0 aliphatic rings. The summed E-state index contributed by atoms with van der Waals surface area (Å²) in [4.78, 5) is 11.0. The Kier molecular flexibility index (Phi) is 7.50. The SMILES string of the molecule is CCCCNC(C)=CC(=O)OCC=N. The highest BCUT2D eigenvalue weighted by Crippen LogP contribution is 1.91. The van der Waals surface area contributed by atoms with Crippen LogP contribution in [-0.4, -0.2) is 25.3 Å².